The molecule has 0 aliphatic carbocycles. The molecule has 0 aliphatic heterocycles. The summed E-state index contributed by atoms with van der Waals surface area (Å²) in [6.07, 6.45) is 2.34. The molecular weight excluding hydrogens is 426 g/mol. The monoisotopic (exact) mass is 447 g/mol. The molecule has 0 heterocycles. The van der Waals surface area contributed by atoms with Crippen molar-refractivity contribution in [2.75, 3.05) is 19.5 Å². The molecule has 0 unspecified atom stereocenters. The van der Waals surface area contributed by atoms with E-state index in [9.17, 15) is 9.59 Å². The van der Waals surface area contributed by atoms with Crippen molar-refractivity contribution in [2.24, 2.45) is 5.10 Å². The van der Waals surface area contributed by atoms with E-state index in [4.69, 9.17) is 9.47 Å². The van der Waals surface area contributed by atoms with Crippen molar-refractivity contribution in [1.29, 1.82) is 0 Å². The summed E-state index contributed by atoms with van der Waals surface area (Å²) in [4.78, 5) is 23.8. The average Bonchev–Trinajstić information content (AvgIpc) is 2.67. The van der Waals surface area contributed by atoms with E-state index in [2.05, 4.69) is 31.8 Å². The lowest BCUT2D eigenvalue weighted by Gasteiger charge is -2.07. The Morgan fingerprint density at radius 3 is 2.57 bits per heavy atom. The molecule has 2 rings (SSSR count). The van der Waals surface area contributed by atoms with Crippen LogP contribution >= 0.6 is 15.9 Å². The van der Waals surface area contributed by atoms with Gasteiger partial charge < -0.3 is 14.8 Å². The Labute approximate surface area is 172 Å². The maximum Gasteiger partial charge on any atom is 0.240 e. The number of nitrogens with one attached hydrogen (secondary N) is 2. The number of hydrazone groups is 1. The lowest BCUT2D eigenvalue weighted by atomic mass is 10.2. The summed E-state index contributed by atoms with van der Waals surface area (Å²) >= 11 is 3.35. The Kier molecular flexibility index (Phi) is 8.48. The Balaban J connectivity index is 1.75. The van der Waals surface area contributed by atoms with Crippen LogP contribution in [0.3, 0.4) is 0 Å². The largest absolute Gasteiger partial charge is 0.497 e. The minimum absolute atomic E-state index is 0.143. The highest BCUT2D eigenvalue weighted by atomic mass is 79.9. The van der Waals surface area contributed by atoms with E-state index in [1.165, 1.54) is 6.21 Å². The molecule has 2 amide bonds. The Bertz CT molecular complexity index is 855. The van der Waals surface area contributed by atoms with E-state index in [-0.39, 0.29) is 24.7 Å². The molecule has 2 aromatic carbocycles. The molecule has 0 fully saturated rings. The van der Waals surface area contributed by atoms with Crippen LogP contribution in [0, 0.1) is 0 Å². The van der Waals surface area contributed by atoms with Crippen LogP contribution in [0.2, 0.25) is 0 Å². The lowest BCUT2D eigenvalue weighted by Crippen LogP contribution is -2.18. The molecule has 0 spiro atoms. The van der Waals surface area contributed by atoms with Crippen molar-refractivity contribution in [3.05, 3.63) is 52.5 Å². The molecule has 0 aromatic heterocycles. The minimum Gasteiger partial charge on any atom is -0.497 e. The minimum atomic E-state index is -0.270. The van der Waals surface area contributed by atoms with Gasteiger partial charge in [-0.3, -0.25) is 9.59 Å². The van der Waals surface area contributed by atoms with Crippen LogP contribution < -0.4 is 20.2 Å². The maximum atomic E-state index is 11.9. The van der Waals surface area contributed by atoms with Crippen LogP contribution in [-0.2, 0) is 9.59 Å². The third kappa shape index (κ3) is 7.03. The number of methoxy groups -OCH3 is 2. The quantitative estimate of drug-likeness (QED) is 0.452. The van der Waals surface area contributed by atoms with Crippen molar-refractivity contribution in [1.82, 2.24) is 5.43 Å². The van der Waals surface area contributed by atoms with Crippen LogP contribution in [0.4, 0.5) is 5.69 Å². The summed E-state index contributed by atoms with van der Waals surface area (Å²) in [5, 5.41) is 6.72. The highest BCUT2D eigenvalue weighted by Crippen LogP contribution is 2.22. The van der Waals surface area contributed by atoms with Crippen molar-refractivity contribution < 1.29 is 19.1 Å². The van der Waals surface area contributed by atoms with Crippen LogP contribution in [0.5, 0.6) is 11.5 Å². The highest BCUT2D eigenvalue weighted by molar-refractivity contribution is 9.10. The van der Waals surface area contributed by atoms with Gasteiger partial charge in [-0.2, -0.15) is 5.10 Å². The summed E-state index contributed by atoms with van der Waals surface area (Å²) in [6, 6.07) is 12.6. The number of hydrogen-bond donors (Lipinski definition) is 2. The van der Waals surface area contributed by atoms with Gasteiger partial charge in [0.15, 0.2) is 0 Å². The van der Waals surface area contributed by atoms with Crippen molar-refractivity contribution in [3.63, 3.8) is 0 Å². The molecule has 2 N–H and O–H groups in total. The molecular formula is C20H22BrN3O4. The SMILES string of the molecule is COc1ccc(OC)c(/C=N\NC(=O)CCCC(=O)Nc2cccc(Br)c2)c1. The first-order chi connectivity index (χ1) is 13.5. The fraction of sp³-hybridized carbons (Fsp3) is 0.250. The molecule has 28 heavy (non-hydrogen) atoms. The van der Waals surface area contributed by atoms with Gasteiger partial charge in [0.1, 0.15) is 11.5 Å². The van der Waals surface area contributed by atoms with Gasteiger partial charge in [-0.05, 0) is 42.8 Å². The third-order valence-corrected chi connectivity index (χ3v) is 4.24. The third-order valence-electron chi connectivity index (χ3n) is 3.75. The molecule has 0 aliphatic rings. The highest BCUT2D eigenvalue weighted by Gasteiger charge is 2.06. The van der Waals surface area contributed by atoms with E-state index in [0.29, 0.717) is 29.2 Å². The van der Waals surface area contributed by atoms with Crippen LogP contribution in [0.25, 0.3) is 0 Å². The molecule has 7 nitrogen and oxygen atoms in total. The molecule has 2 aromatic rings. The second-order valence-electron chi connectivity index (χ2n) is 5.81. The van der Waals surface area contributed by atoms with Crippen LogP contribution in [-0.4, -0.2) is 32.2 Å². The summed E-state index contributed by atoms with van der Waals surface area (Å²) in [7, 11) is 3.12. The van der Waals surface area contributed by atoms with Gasteiger partial charge in [-0.25, -0.2) is 5.43 Å². The standard InChI is InChI=1S/C20H22BrN3O4/c1-27-17-9-10-18(28-2)14(11-17)13-22-24-20(26)8-4-7-19(25)23-16-6-3-5-15(21)12-16/h3,5-6,9-13H,4,7-8H2,1-2H3,(H,23,25)(H,24,26)/b22-13-. The number of benzene rings is 2. The number of halogens is 1. The van der Waals surface area contributed by atoms with E-state index in [1.54, 1.807) is 38.5 Å². The first kappa shape index (κ1) is 21.4. The second-order valence-corrected chi connectivity index (χ2v) is 6.73. The zero-order valence-electron chi connectivity index (χ0n) is 15.7. The first-order valence-electron chi connectivity index (χ1n) is 8.61. The Hall–Kier alpha value is -2.87. The lowest BCUT2D eigenvalue weighted by molar-refractivity contribution is -0.121. The van der Waals surface area contributed by atoms with Gasteiger partial charge in [-0.15, -0.1) is 0 Å². The number of amides is 2. The number of carbonyl (C=O) groups excluding carboxylic acids is 2. The molecule has 0 bridgehead atoms. The van der Waals surface area contributed by atoms with E-state index in [0.717, 1.165) is 4.47 Å². The molecule has 0 saturated carbocycles. The molecule has 0 atom stereocenters. The Morgan fingerprint density at radius 1 is 1.07 bits per heavy atom. The number of nitrogens with zero attached hydrogens (tertiary/aromatic N) is 1. The van der Waals surface area contributed by atoms with Gasteiger partial charge in [0.2, 0.25) is 11.8 Å². The summed E-state index contributed by atoms with van der Waals surface area (Å²) < 4.78 is 11.3. The number of hydrogen-bond acceptors (Lipinski definition) is 5. The zero-order chi connectivity index (χ0) is 20.4. The van der Waals surface area contributed by atoms with Gasteiger partial charge in [-0.1, -0.05) is 22.0 Å². The van der Waals surface area contributed by atoms with Gasteiger partial charge >= 0.3 is 0 Å². The van der Waals surface area contributed by atoms with Crippen molar-refractivity contribution in [2.45, 2.75) is 19.3 Å². The predicted molar refractivity (Wildman–Crippen MR) is 112 cm³/mol. The number of anilines is 1. The smallest absolute Gasteiger partial charge is 0.240 e. The van der Waals surface area contributed by atoms with Crippen molar-refractivity contribution >= 4 is 39.6 Å². The number of ether oxygens (including phenoxy) is 2. The van der Waals surface area contributed by atoms with Crippen molar-refractivity contribution in [3.8, 4) is 11.5 Å². The molecule has 148 valence electrons. The van der Waals surface area contributed by atoms with Gasteiger partial charge in [0.05, 0.1) is 20.4 Å². The normalized spacial score (nSPS) is 10.5. The summed E-state index contributed by atoms with van der Waals surface area (Å²) in [5.74, 6) is 0.858. The summed E-state index contributed by atoms with van der Waals surface area (Å²) in [6.45, 7) is 0. The average molecular weight is 448 g/mol. The van der Waals surface area contributed by atoms with Crippen LogP contribution in [0.1, 0.15) is 24.8 Å². The molecule has 0 saturated heterocycles. The topological polar surface area (TPSA) is 89.0 Å². The first-order valence-corrected chi connectivity index (χ1v) is 9.40. The molecule has 0 radical (unpaired) electrons. The number of carbonyl (C=O) groups is 2. The zero-order valence-corrected chi connectivity index (χ0v) is 17.3. The number of rotatable bonds is 9. The van der Waals surface area contributed by atoms with Gasteiger partial charge in [0, 0.05) is 28.6 Å². The fourth-order valence-electron chi connectivity index (χ4n) is 2.37. The maximum absolute atomic E-state index is 11.9. The molecule has 8 heteroatoms. The fourth-order valence-corrected chi connectivity index (χ4v) is 2.77. The Morgan fingerprint density at radius 2 is 1.86 bits per heavy atom. The van der Waals surface area contributed by atoms with Crippen LogP contribution in [0.15, 0.2) is 52.0 Å². The second kappa shape index (κ2) is 11.1. The van der Waals surface area contributed by atoms with E-state index in [1.807, 2.05) is 18.2 Å². The van der Waals surface area contributed by atoms with E-state index >= 15 is 0 Å². The van der Waals surface area contributed by atoms with E-state index < -0.39 is 0 Å². The summed E-state index contributed by atoms with van der Waals surface area (Å²) in [5.41, 5.74) is 3.83. The van der Waals surface area contributed by atoms with Gasteiger partial charge in [0.25, 0.3) is 0 Å². The predicted octanol–water partition coefficient (Wildman–Crippen LogP) is 3.73.